The predicted molar refractivity (Wildman–Crippen MR) is 132 cm³/mol. The third-order valence-corrected chi connectivity index (χ3v) is 6.29. The predicted octanol–water partition coefficient (Wildman–Crippen LogP) is 0.718. The van der Waals surface area contributed by atoms with Crippen molar-refractivity contribution in [3.63, 3.8) is 0 Å². The van der Waals surface area contributed by atoms with Gasteiger partial charge in [-0.05, 0) is 18.2 Å². The number of likely N-dealkylation sites (tertiary alicyclic amines) is 1. The van der Waals surface area contributed by atoms with Gasteiger partial charge in [0.2, 0.25) is 11.5 Å². The van der Waals surface area contributed by atoms with Gasteiger partial charge in [-0.3, -0.25) is 9.48 Å². The average Bonchev–Trinajstić information content (AvgIpc) is 3.66. The summed E-state index contributed by atoms with van der Waals surface area (Å²) < 4.78 is 12.0. The van der Waals surface area contributed by atoms with Gasteiger partial charge in [-0.25, -0.2) is 15.0 Å². The number of nitrogens with one attached hydrogen (secondary N) is 1. The fourth-order valence-electron chi connectivity index (χ4n) is 4.10. The molecule has 0 spiro atoms. The van der Waals surface area contributed by atoms with Crippen LogP contribution in [0.5, 0.6) is 5.88 Å². The van der Waals surface area contributed by atoms with E-state index in [-0.39, 0.29) is 37.2 Å². The zero-order chi connectivity index (χ0) is 26.9. The lowest BCUT2D eigenvalue weighted by atomic mass is 9.98. The number of aromatic nitrogens is 6. The summed E-state index contributed by atoms with van der Waals surface area (Å²) in [5.74, 6) is 0.114. The highest BCUT2D eigenvalue weighted by atomic mass is 16.5. The first-order chi connectivity index (χ1) is 18.4. The van der Waals surface area contributed by atoms with Gasteiger partial charge in [0.1, 0.15) is 11.4 Å². The fourth-order valence-corrected chi connectivity index (χ4v) is 4.10. The van der Waals surface area contributed by atoms with Gasteiger partial charge in [0.05, 0.1) is 49.6 Å². The summed E-state index contributed by atoms with van der Waals surface area (Å²) in [6, 6.07) is 7.87. The van der Waals surface area contributed by atoms with E-state index in [1.807, 2.05) is 0 Å². The van der Waals surface area contributed by atoms with E-state index < -0.39 is 17.6 Å². The molecule has 0 aliphatic carbocycles. The average molecular weight is 523 g/mol. The summed E-state index contributed by atoms with van der Waals surface area (Å²) in [6.07, 6.45) is 3.35. The van der Waals surface area contributed by atoms with Crippen LogP contribution >= 0.6 is 0 Å². The summed E-state index contributed by atoms with van der Waals surface area (Å²) in [5, 5.41) is 41.0. The van der Waals surface area contributed by atoms with E-state index in [1.165, 1.54) is 22.8 Å². The minimum Gasteiger partial charge on any atom is -0.478 e. The van der Waals surface area contributed by atoms with Crippen molar-refractivity contribution in [3.8, 4) is 28.7 Å². The molecule has 5 heterocycles. The minimum atomic E-state index is -1.74. The number of likely N-dealkylation sites (N-methyl/N-ethyl adjacent to an activating group) is 1. The van der Waals surface area contributed by atoms with Crippen LogP contribution in [0.25, 0.3) is 22.8 Å². The highest BCUT2D eigenvalue weighted by Gasteiger charge is 2.48. The van der Waals surface area contributed by atoms with Crippen LogP contribution in [-0.2, 0) is 10.4 Å². The van der Waals surface area contributed by atoms with Gasteiger partial charge >= 0.3 is 0 Å². The maximum Gasteiger partial charge on any atom is 0.262 e. The Morgan fingerprint density at radius 3 is 2.58 bits per heavy atom. The third kappa shape index (κ3) is 4.55. The molecule has 0 unspecified atom stereocenters. The van der Waals surface area contributed by atoms with Crippen LogP contribution in [0.4, 0.5) is 11.6 Å². The summed E-state index contributed by atoms with van der Waals surface area (Å²) in [6.45, 7) is -0.178. The second-order valence-corrected chi connectivity index (χ2v) is 8.76. The van der Waals surface area contributed by atoms with Crippen LogP contribution in [0, 0.1) is 0 Å². The van der Waals surface area contributed by atoms with E-state index in [2.05, 4.69) is 30.5 Å². The van der Waals surface area contributed by atoms with Crippen LogP contribution in [-0.4, -0.2) is 89.9 Å². The smallest absolute Gasteiger partial charge is 0.262 e. The number of anilines is 2. The zero-order valence-corrected chi connectivity index (χ0v) is 20.6. The Labute approximate surface area is 216 Å². The van der Waals surface area contributed by atoms with Gasteiger partial charge in [-0.2, -0.15) is 0 Å². The lowest BCUT2D eigenvalue weighted by molar-refractivity contribution is -0.144. The summed E-state index contributed by atoms with van der Waals surface area (Å²) >= 11 is 0. The summed E-state index contributed by atoms with van der Waals surface area (Å²) in [4.78, 5) is 27.2. The standard InChI is InChI=1S/C24H26N8O6/c1-31-9-7-24(36,22(31)35)20-10-18(30-38-20)16-5-3-4-15(26-16)17-6-8-25-23(27-17)28-19-11-32(14(12-33)13-34)29-21(19)37-2/h3-6,8,10-11,14,33-34,36H,7,9,12-13H2,1-2H3,(H,25,27,28)/t24-/m1/s1. The van der Waals surface area contributed by atoms with Crippen LogP contribution in [0.1, 0.15) is 18.2 Å². The molecule has 0 bridgehead atoms. The van der Waals surface area contributed by atoms with E-state index in [9.17, 15) is 20.1 Å². The number of rotatable bonds is 9. The fraction of sp³-hybridized carbons (Fsp3) is 0.333. The van der Waals surface area contributed by atoms with Gasteiger partial charge in [0, 0.05) is 32.3 Å². The number of hydrogen-bond acceptors (Lipinski definition) is 12. The lowest BCUT2D eigenvalue weighted by Gasteiger charge is -2.16. The van der Waals surface area contributed by atoms with Gasteiger partial charge in [-0.15, -0.1) is 5.10 Å². The molecule has 1 fully saturated rings. The molecular weight excluding hydrogens is 496 g/mol. The van der Waals surface area contributed by atoms with Gasteiger partial charge in [0.15, 0.2) is 5.76 Å². The topological polar surface area (TPSA) is 185 Å². The number of ether oxygens (including phenoxy) is 1. The molecule has 1 amide bonds. The lowest BCUT2D eigenvalue weighted by Crippen LogP contribution is -2.35. The number of aliphatic hydroxyl groups excluding tert-OH is 2. The van der Waals surface area contributed by atoms with Crippen LogP contribution in [0.3, 0.4) is 0 Å². The molecule has 0 radical (unpaired) electrons. The summed E-state index contributed by atoms with van der Waals surface area (Å²) in [7, 11) is 3.07. The molecule has 14 heteroatoms. The van der Waals surface area contributed by atoms with Gasteiger partial charge in [0.25, 0.3) is 11.8 Å². The second-order valence-electron chi connectivity index (χ2n) is 8.76. The van der Waals surface area contributed by atoms with Crippen molar-refractivity contribution in [2.45, 2.75) is 18.1 Å². The normalized spacial score (nSPS) is 17.4. The van der Waals surface area contributed by atoms with E-state index in [0.717, 1.165) is 0 Å². The monoisotopic (exact) mass is 522 g/mol. The Morgan fingerprint density at radius 1 is 1.16 bits per heavy atom. The molecule has 5 rings (SSSR count). The number of hydrogen-bond donors (Lipinski definition) is 4. The highest BCUT2D eigenvalue weighted by molar-refractivity contribution is 5.87. The Balaban J connectivity index is 1.39. The molecule has 4 N–H and O–H groups in total. The Kier molecular flexibility index (Phi) is 6.75. The third-order valence-electron chi connectivity index (χ3n) is 6.29. The molecule has 38 heavy (non-hydrogen) atoms. The van der Waals surface area contributed by atoms with E-state index >= 15 is 0 Å². The number of amides is 1. The van der Waals surface area contributed by atoms with Crippen molar-refractivity contribution >= 4 is 17.5 Å². The SMILES string of the molecule is COc1nn(C(CO)CO)cc1Nc1nccc(-c2cccc(-c3cc([C@]4(O)CCN(C)C4=O)on3)n2)n1. The van der Waals surface area contributed by atoms with E-state index in [1.54, 1.807) is 43.7 Å². The van der Waals surface area contributed by atoms with Crippen LogP contribution in [0.15, 0.2) is 47.2 Å². The van der Waals surface area contributed by atoms with Crippen molar-refractivity contribution in [1.82, 2.24) is 34.8 Å². The molecule has 4 aromatic rings. The number of carbonyl (C=O) groups is 1. The molecule has 0 aromatic carbocycles. The van der Waals surface area contributed by atoms with Crippen molar-refractivity contribution in [2.24, 2.45) is 0 Å². The number of aliphatic hydroxyl groups is 3. The Morgan fingerprint density at radius 2 is 1.89 bits per heavy atom. The van der Waals surface area contributed by atoms with Crippen molar-refractivity contribution in [2.75, 3.05) is 39.2 Å². The van der Waals surface area contributed by atoms with Crippen molar-refractivity contribution in [3.05, 3.63) is 48.5 Å². The molecule has 1 saturated heterocycles. The quantitative estimate of drug-likeness (QED) is 0.242. The largest absolute Gasteiger partial charge is 0.478 e. The summed E-state index contributed by atoms with van der Waals surface area (Å²) in [5.41, 5.74) is 0.567. The Bertz CT molecular complexity index is 1450. The van der Waals surface area contributed by atoms with Gasteiger partial charge < -0.3 is 34.8 Å². The van der Waals surface area contributed by atoms with Crippen LogP contribution < -0.4 is 10.1 Å². The maximum absolute atomic E-state index is 12.4. The maximum atomic E-state index is 12.4. The second kappa shape index (κ2) is 10.2. The number of methoxy groups -OCH3 is 1. The highest BCUT2D eigenvalue weighted by Crippen LogP contribution is 2.34. The zero-order valence-electron chi connectivity index (χ0n) is 20.6. The molecule has 1 aliphatic rings. The minimum absolute atomic E-state index is 0.0710. The molecule has 1 aliphatic heterocycles. The first kappa shape index (κ1) is 25.3. The molecule has 198 valence electrons. The van der Waals surface area contributed by atoms with Crippen molar-refractivity contribution in [1.29, 1.82) is 0 Å². The Hall–Kier alpha value is -4.40. The molecular formula is C24H26N8O6. The number of nitrogens with zero attached hydrogens (tertiary/aromatic N) is 7. The van der Waals surface area contributed by atoms with E-state index in [0.29, 0.717) is 35.0 Å². The van der Waals surface area contributed by atoms with Crippen molar-refractivity contribution < 1.29 is 29.4 Å². The van der Waals surface area contributed by atoms with E-state index in [4.69, 9.17) is 9.26 Å². The first-order valence-electron chi connectivity index (χ1n) is 11.7. The first-order valence-corrected chi connectivity index (χ1v) is 11.7. The molecule has 14 nitrogen and oxygen atoms in total. The molecule has 4 aromatic heterocycles. The molecule has 0 saturated carbocycles. The van der Waals surface area contributed by atoms with Crippen LogP contribution in [0.2, 0.25) is 0 Å². The van der Waals surface area contributed by atoms with Gasteiger partial charge in [-0.1, -0.05) is 11.2 Å². The number of pyridine rings is 1. The molecule has 1 atom stereocenters. The number of carbonyl (C=O) groups excluding carboxylic acids is 1.